The largest absolute Gasteiger partial charge is 0.350 e. The Balaban J connectivity index is 0.00000144. The third-order valence-electron chi connectivity index (χ3n) is 2.76. The summed E-state index contributed by atoms with van der Waals surface area (Å²) in [6, 6.07) is 6.09. The maximum absolute atomic E-state index is 12.9. The van der Waals surface area contributed by atoms with Crippen LogP contribution in [0.15, 0.2) is 24.3 Å². The fourth-order valence-electron chi connectivity index (χ4n) is 1.88. The molecule has 0 aromatic heterocycles. The molecular weight excluding hydrogens is 243 g/mol. The molecule has 2 N–H and O–H groups in total. The summed E-state index contributed by atoms with van der Waals surface area (Å²) in [4.78, 5) is 11.6. The summed E-state index contributed by atoms with van der Waals surface area (Å²) in [6.45, 7) is 1.62. The normalized spacial score (nSPS) is 18.5. The van der Waals surface area contributed by atoms with Gasteiger partial charge in [0.25, 0.3) is 5.91 Å². The van der Waals surface area contributed by atoms with Crippen molar-refractivity contribution in [1.82, 2.24) is 10.6 Å². The van der Waals surface area contributed by atoms with E-state index in [-0.39, 0.29) is 24.1 Å². The lowest BCUT2D eigenvalue weighted by Gasteiger charge is -2.11. The fourth-order valence-corrected chi connectivity index (χ4v) is 1.88. The molecule has 3 nitrogen and oxygen atoms in total. The summed E-state index contributed by atoms with van der Waals surface area (Å²) in [7, 11) is 0. The minimum Gasteiger partial charge on any atom is -0.350 e. The smallest absolute Gasteiger partial charge is 0.251 e. The number of nitrogens with one attached hydrogen (secondary N) is 2. The Morgan fingerprint density at radius 1 is 1.53 bits per heavy atom. The first-order valence-corrected chi connectivity index (χ1v) is 5.53. The van der Waals surface area contributed by atoms with E-state index in [1.165, 1.54) is 18.2 Å². The molecule has 0 radical (unpaired) electrons. The molecule has 1 saturated heterocycles. The SMILES string of the molecule is Cl.O=C(NCC1CCCN1)c1cccc(F)c1. The highest BCUT2D eigenvalue weighted by atomic mass is 35.5. The number of benzene rings is 1. The molecule has 0 bridgehead atoms. The molecule has 1 aliphatic rings. The molecule has 1 atom stereocenters. The van der Waals surface area contributed by atoms with Gasteiger partial charge in [-0.25, -0.2) is 4.39 Å². The molecular formula is C12H16ClFN2O. The summed E-state index contributed by atoms with van der Waals surface area (Å²) in [5.41, 5.74) is 0.373. The highest BCUT2D eigenvalue weighted by molar-refractivity contribution is 5.94. The van der Waals surface area contributed by atoms with E-state index >= 15 is 0 Å². The van der Waals surface area contributed by atoms with Gasteiger partial charge in [-0.15, -0.1) is 12.4 Å². The van der Waals surface area contributed by atoms with Gasteiger partial charge in [0.2, 0.25) is 0 Å². The molecule has 1 heterocycles. The summed E-state index contributed by atoms with van der Waals surface area (Å²) in [6.07, 6.45) is 2.24. The van der Waals surface area contributed by atoms with E-state index in [0.717, 1.165) is 19.4 Å². The molecule has 1 fully saturated rings. The predicted octanol–water partition coefficient (Wildman–Crippen LogP) is 1.73. The third kappa shape index (κ3) is 3.98. The van der Waals surface area contributed by atoms with Gasteiger partial charge in [-0.1, -0.05) is 6.07 Å². The molecule has 1 aliphatic heterocycles. The second kappa shape index (κ2) is 6.57. The molecule has 0 aliphatic carbocycles. The zero-order valence-corrected chi connectivity index (χ0v) is 10.2. The van der Waals surface area contributed by atoms with Crippen LogP contribution in [0.5, 0.6) is 0 Å². The van der Waals surface area contributed by atoms with Gasteiger partial charge in [-0.2, -0.15) is 0 Å². The average molecular weight is 259 g/mol. The zero-order chi connectivity index (χ0) is 11.4. The van der Waals surface area contributed by atoms with Crippen LogP contribution in [0, 0.1) is 5.82 Å². The summed E-state index contributed by atoms with van der Waals surface area (Å²) < 4.78 is 12.9. The van der Waals surface area contributed by atoms with Gasteiger partial charge in [-0.05, 0) is 37.6 Å². The van der Waals surface area contributed by atoms with E-state index in [4.69, 9.17) is 0 Å². The van der Waals surface area contributed by atoms with E-state index in [2.05, 4.69) is 10.6 Å². The van der Waals surface area contributed by atoms with Crippen molar-refractivity contribution in [2.45, 2.75) is 18.9 Å². The van der Waals surface area contributed by atoms with Crippen LogP contribution in [0.2, 0.25) is 0 Å². The topological polar surface area (TPSA) is 41.1 Å². The molecule has 2 rings (SSSR count). The van der Waals surface area contributed by atoms with Gasteiger partial charge in [0.1, 0.15) is 5.82 Å². The van der Waals surface area contributed by atoms with E-state index in [1.54, 1.807) is 6.07 Å². The van der Waals surface area contributed by atoms with Crippen LogP contribution >= 0.6 is 12.4 Å². The Morgan fingerprint density at radius 2 is 2.35 bits per heavy atom. The van der Waals surface area contributed by atoms with Gasteiger partial charge in [0.15, 0.2) is 0 Å². The minimum atomic E-state index is -0.383. The Bertz CT molecular complexity index is 381. The van der Waals surface area contributed by atoms with Crippen molar-refractivity contribution in [3.8, 4) is 0 Å². The van der Waals surface area contributed by atoms with Crippen molar-refractivity contribution < 1.29 is 9.18 Å². The first-order valence-electron chi connectivity index (χ1n) is 5.53. The highest BCUT2D eigenvalue weighted by Gasteiger charge is 2.15. The fraction of sp³-hybridized carbons (Fsp3) is 0.417. The molecule has 94 valence electrons. The van der Waals surface area contributed by atoms with Crippen molar-refractivity contribution in [3.05, 3.63) is 35.6 Å². The quantitative estimate of drug-likeness (QED) is 0.867. The van der Waals surface area contributed by atoms with Crippen molar-refractivity contribution in [3.63, 3.8) is 0 Å². The van der Waals surface area contributed by atoms with Crippen LogP contribution in [0.4, 0.5) is 4.39 Å². The number of hydrogen-bond acceptors (Lipinski definition) is 2. The first-order chi connectivity index (χ1) is 7.75. The van der Waals surface area contributed by atoms with Crippen molar-refractivity contribution >= 4 is 18.3 Å². The van der Waals surface area contributed by atoms with Crippen molar-refractivity contribution in [2.75, 3.05) is 13.1 Å². The van der Waals surface area contributed by atoms with Crippen LogP contribution in [0.25, 0.3) is 0 Å². The molecule has 1 amide bonds. The Kier molecular flexibility index (Phi) is 5.38. The molecule has 1 aromatic rings. The van der Waals surface area contributed by atoms with Gasteiger partial charge in [-0.3, -0.25) is 4.79 Å². The predicted molar refractivity (Wildman–Crippen MR) is 67.0 cm³/mol. The Hall–Kier alpha value is -1.13. The van der Waals surface area contributed by atoms with Crippen molar-refractivity contribution in [1.29, 1.82) is 0 Å². The number of halogens is 2. The second-order valence-corrected chi connectivity index (χ2v) is 4.01. The zero-order valence-electron chi connectivity index (χ0n) is 9.41. The summed E-state index contributed by atoms with van der Waals surface area (Å²) >= 11 is 0. The number of carbonyl (C=O) groups excluding carboxylic acids is 1. The van der Waals surface area contributed by atoms with Gasteiger partial charge < -0.3 is 10.6 Å². The monoisotopic (exact) mass is 258 g/mol. The molecule has 0 saturated carbocycles. The van der Waals surface area contributed by atoms with Crippen LogP contribution in [0.3, 0.4) is 0 Å². The van der Waals surface area contributed by atoms with Gasteiger partial charge >= 0.3 is 0 Å². The van der Waals surface area contributed by atoms with Crippen LogP contribution < -0.4 is 10.6 Å². The summed E-state index contributed by atoms with van der Waals surface area (Å²) in [5.74, 6) is -0.597. The highest BCUT2D eigenvalue weighted by Crippen LogP contribution is 2.05. The number of hydrogen-bond donors (Lipinski definition) is 2. The molecule has 1 aromatic carbocycles. The van der Waals surface area contributed by atoms with Crippen LogP contribution in [0.1, 0.15) is 23.2 Å². The molecule has 17 heavy (non-hydrogen) atoms. The number of amides is 1. The third-order valence-corrected chi connectivity index (χ3v) is 2.76. The van der Waals surface area contributed by atoms with Crippen LogP contribution in [-0.2, 0) is 0 Å². The average Bonchev–Trinajstić information content (AvgIpc) is 2.78. The molecule has 1 unspecified atom stereocenters. The summed E-state index contributed by atoms with van der Waals surface area (Å²) in [5, 5.41) is 6.09. The Morgan fingerprint density at radius 3 is 3.00 bits per heavy atom. The maximum Gasteiger partial charge on any atom is 0.251 e. The Labute approximate surface area is 106 Å². The van der Waals surface area contributed by atoms with E-state index < -0.39 is 0 Å². The van der Waals surface area contributed by atoms with Crippen molar-refractivity contribution in [2.24, 2.45) is 0 Å². The van der Waals surface area contributed by atoms with Gasteiger partial charge in [0, 0.05) is 18.2 Å². The van der Waals surface area contributed by atoms with E-state index in [0.29, 0.717) is 18.2 Å². The number of rotatable bonds is 3. The second-order valence-electron chi connectivity index (χ2n) is 4.01. The van der Waals surface area contributed by atoms with Crippen LogP contribution in [-0.4, -0.2) is 25.0 Å². The lowest BCUT2D eigenvalue weighted by molar-refractivity contribution is 0.0950. The molecule has 5 heteroatoms. The standard InChI is InChI=1S/C12H15FN2O.ClH/c13-10-4-1-3-9(7-10)12(16)15-8-11-5-2-6-14-11;/h1,3-4,7,11,14H,2,5-6,8H2,(H,15,16);1H. The molecule has 0 spiro atoms. The van der Waals surface area contributed by atoms with E-state index in [9.17, 15) is 9.18 Å². The minimum absolute atomic E-state index is 0. The van der Waals surface area contributed by atoms with E-state index in [1.807, 2.05) is 0 Å². The number of carbonyl (C=O) groups is 1. The lowest BCUT2D eigenvalue weighted by Crippen LogP contribution is -2.37. The maximum atomic E-state index is 12.9. The lowest BCUT2D eigenvalue weighted by atomic mass is 10.2. The first kappa shape index (κ1) is 13.9. The van der Waals surface area contributed by atoms with Gasteiger partial charge in [0.05, 0.1) is 0 Å².